The van der Waals surface area contributed by atoms with Crippen LogP contribution in [0.25, 0.3) is 11.2 Å². The Morgan fingerprint density at radius 1 is 1.29 bits per heavy atom. The maximum Gasteiger partial charge on any atom is 0.332 e. The summed E-state index contributed by atoms with van der Waals surface area (Å²) in [5.41, 5.74) is 6.09. The molecule has 0 saturated heterocycles. The zero-order chi connectivity index (χ0) is 15.7. The summed E-state index contributed by atoms with van der Waals surface area (Å²) in [6.07, 6.45) is 1.48. The van der Waals surface area contributed by atoms with Gasteiger partial charge in [0.2, 0.25) is 0 Å². The highest BCUT2D eigenvalue weighted by molar-refractivity contribution is 5.71. The molecule has 21 heavy (non-hydrogen) atoms. The minimum Gasteiger partial charge on any atom is -0.328 e. The lowest BCUT2D eigenvalue weighted by atomic mass is 10.3. The minimum absolute atomic E-state index is 0.0368. The summed E-state index contributed by atoms with van der Waals surface area (Å²) in [5, 5.41) is 0. The highest BCUT2D eigenvalue weighted by Crippen LogP contribution is 2.18. The maximum absolute atomic E-state index is 12.5. The van der Waals surface area contributed by atoms with Gasteiger partial charge in [-0.05, 0) is 13.3 Å². The SMILES string of the molecule is CCCn1c(=O)n(C)c(=O)c2c1nc(CC)n2C(C)CN. The van der Waals surface area contributed by atoms with Crippen LogP contribution in [-0.2, 0) is 20.0 Å². The van der Waals surface area contributed by atoms with Gasteiger partial charge in [0.1, 0.15) is 5.82 Å². The van der Waals surface area contributed by atoms with Gasteiger partial charge in [0.15, 0.2) is 11.2 Å². The van der Waals surface area contributed by atoms with Gasteiger partial charge in [-0.15, -0.1) is 0 Å². The quantitative estimate of drug-likeness (QED) is 0.863. The average Bonchev–Trinajstić information content (AvgIpc) is 2.88. The highest BCUT2D eigenvalue weighted by Gasteiger charge is 2.21. The predicted molar refractivity (Wildman–Crippen MR) is 82.7 cm³/mol. The van der Waals surface area contributed by atoms with Crippen LogP contribution in [0, 0.1) is 0 Å². The minimum atomic E-state index is -0.318. The van der Waals surface area contributed by atoms with Crippen LogP contribution in [0.2, 0.25) is 0 Å². The van der Waals surface area contributed by atoms with Gasteiger partial charge in [-0.3, -0.25) is 13.9 Å². The molecule has 2 N–H and O–H groups in total. The molecule has 2 aromatic heterocycles. The van der Waals surface area contributed by atoms with E-state index in [1.54, 1.807) is 4.57 Å². The van der Waals surface area contributed by atoms with Crippen LogP contribution in [0.15, 0.2) is 9.59 Å². The standard InChI is InChI=1S/C14H23N5O2/c1-5-7-18-12-11(13(20)17(4)14(18)21)19(9(3)8-15)10(6-2)16-12/h9H,5-8,15H2,1-4H3. The Morgan fingerprint density at radius 3 is 2.48 bits per heavy atom. The van der Waals surface area contributed by atoms with Gasteiger partial charge < -0.3 is 10.3 Å². The van der Waals surface area contributed by atoms with Crippen LogP contribution in [0.3, 0.4) is 0 Å². The van der Waals surface area contributed by atoms with E-state index in [1.165, 1.54) is 7.05 Å². The Kier molecular flexibility index (Phi) is 4.32. The third-order valence-electron chi connectivity index (χ3n) is 3.79. The number of imidazole rings is 1. The number of nitrogens with two attached hydrogens (primary N) is 1. The second-order valence-corrected chi connectivity index (χ2v) is 5.31. The zero-order valence-electron chi connectivity index (χ0n) is 13.1. The number of fused-ring (bicyclic) bond motifs is 1. The van der Waals surface area contributed by atoms with Gasteiger partial charge in [-0.1, -0.05) is 13.8 Å². The average molecular weight is 293 g/mol. The van der Waals surface area contributed by atoms with Crippen LogP contribution < -0.4 is 17.0 Å². The first-order chi connectivity index (χ1) is 9.97. The Labute approximate surface area is 123 Å². The molecule has 0 fully saturated rings. The molecule has 1 unspecified atom stereocenters. The van der Waals surface area contributed by atoms with E-state index >= 15 is 0 Å². The van der Waals surface area contributed by atoms with E-state index in [-0.39, 0.29) is 17.3 Å². The Hall–Kier alpha value is -1.89. The molecule has 0 spiro atoms. The summed E-state index contributed by atoms with van der Waals surface area (Å²) in [5.74, 6) is 0.788. The van der Waals surface area contributed by atoms with Crippen molar-refractivity contribution < 1.29 is 0 Å². The third-order valence-corrected chi connectivity index (χ3v) is 3.79. The van der Waals surface area contributed by atoms with Crippen LogP contribution in [0.4, 0.5) is 0 Å². The van der Waals surface area contributed by atoms with Crippen molar-refractivity contribution in [2.75, 3.05) is 6.54 Å². The van der Waals surface area contributed by atoms with Gasteiger partial charge in [-0.2, -0.15) is 0 Å². The molecule has 7 heteroatoms. The fourth-order valence-corrected chi connectivity index (χ4v) is 2.62. The van der Waals surface area contributed by atoms with E-state index < -0.39 is 0 Å². The molecular weight excluding hydrogens is 270 g/mol. The molecule has 2 rings (SSSR count). The van der Waals surface area contributed by atoms with Gasteiger partial charge in [0, 0.05) is 32.6 Å². The molecule has 0 aliphatic carbocycles. The second-order valence-electron chi connectivity index (χ2n) is 5.31. The number of nitrogens with zero attached hydrogens (tertiary/aromatic N) is 4. The molecule has 0 saturated carbocycles. The predicted octanol–water partition coefficient (Wildman–Crippen LogP) is 0.389. The number of aryl methyl sites for hydroxylation is 2. The lowest BCUT2D eigenvalue weighted by molar-refractivity contribution is 0.545. The number of aromatic nitrogens is 4. The highest BCUT2D eigenvalue weighted by atomic mass is 16.2. The van der Waals surface area contributed by atoms with Crippen molar-refractivity contribution in [2.45, 2.75) is 46.2 Å². The van der Waals surface area contributed by atoms with Crippen molar-refractivity contribution in [1.82, 2.24) is 18.7 Å². The van der Waals surface area contributed by atoms with Crippen molar-refractivity contribution in [2.24, 2.45) is 12.8 Å². The van der Waals surface area contributed by atoms with Crippen LogP contribution in [-0.4, -0.2) is 25.2 Å². The van der Waals surface area contributed by atoms with E-state index in [0.717, 1.165) is 16.8 Å². The summed E-state index contributed by atoms with van der Waals surface area (Å²) < 4.78 is 4.61. The zero-order valence-corrected chi connectivity index (χ0v) is 13.1. The molecule has 0 amide bonds. The molecule has 2 heterocycles. The molecule has 0 aliphatic heterocycles. The maximum atomic E-state index is 12.5. The van der Waals surface area contributed by atoms with E-state index in [0.29, 0.717) is 30.7 Å². The molecule has 7 nitrogen and oxygen atoms in total. The van der Waals surface area contributed by atoms with Gasteiger partial charge in [-0.25, -0.2) is 9.78 Å². The summed E-state index contributed by atoms with van der Waals surface area (Å²) in [6, 6.07) is -0.0368. The summed E-state index contributed by atoms with van der Waals surface area (Å²) in [4.78, 5) is 29.4. The smallest absolute Gasteiger partial charge is 0.328 e. The lowest BCUT2D eigenvalue weighted by Crippen LogP contribution is -2.39. The Balaban J connectivity index is 2.99. The number of hydrogen-bond acceptors (Lipinski definition) is 4. The van der Waals surface area contributed by atoms with E-state index in [2.05, 4.69) is 4.98 Å². The van der Waals surface area contributed by atoms with Crippen molar-refractivity contribution in [1.29, 1.82) is 0 Å². The first-order valence-corrected chi connectivity index (χ1v) is 7.38. The van der Waals surface area contributed by atoms with Crippen LogP contribution >= 0.6 is 0 Å². The topological polar surface area (TPSA) is 87.8 Å². The van der Waals surface area contributed by atoms with Crippen molar-refractivity contribution in [3.8, 4) is 0 Å². The fourth-order valence-electron chi connectivity index (χ4n) is 2.62. The van der Waals surface area contributed by atoms with Gasteiger partial charge >= 0.3 is 5.69 Å². The molecular formula is C14H23N5O2. The first-order valence-electron chi connectivity index (χ1n) is 7.38. The molecule has 0 aliphatic rings. The largest absolute Gasteiger partial charge is 0.332 e. The molecule has 0 bridgehead atoms. The van der Waals surface area contributed by atoms with E-state index in [4.69, 9.17) is 5.73 Å². The molecule has 0 radical (unpaired) electrons. The van der Waals surface area contributed by atoms with Gasteiger partial charge in [0.25, 0.3) is 5.56 Å². The van der Waals surface area contributed by atoms with E-state index in [1.807, 2.05) is 25.3 Å². The Bertz CT molecular complexity index is 768. The monoisotopic (exact) mass is 293 g/mol. The summed E-state index contributed by atoms with van der Waals surface area (Å²) in [7, 11) is 1.51. The number of hydrogen-bond donors (Lipinski definition) is 1. The molecule has 2 aromatic rings. The lowest BCUT2D eigenvalue weighted by Gasteiger charge is -2.15. The normalized spacial score (nSPS) is 13.0. The van der Waals surface area contributed by atoms with Crippen molar-refractivity contribution in [3.63, 3.8) is 0 Å². The second kappa shape index (κ2) is 5.85. The van der Waals surface area contributed by atoms with Crippen molar-refractivity contribution >= 4 is 11.2 Å². The first kappa shape index (κ1) is 15.5. The molecule has 116 valence electrons. The summed E-state index contributed by atoms with van der Waals surface area (Å²) >= 11 is 0. The van der Waals surface area contributed by atoms with Crippen LogP contribution in [0.5, 0.6) is 0 Å². The fraction of sp³-hybridized carbons (Fsp3) is 0.643. The van der Waals surface area contributed by atoms with E-state index in [9.17, 15) is 9.59 Å². The molecule has 0 aromatic carbocycles. The van der Waals surface area contributed by atoms with Crippen LogP contribution in [0.1, 0.15) is 39.1 Å². The molecule has 1 atom stereocenters. The number of rotatable bonds is 5. The Morgan fingerprint density at radius 2 is 1.95 bits per heavy atom. The third kappa shape index (κ3) is 2.31. The summed E-state index contributed by atoms with van der Waals surface area (Å²) in [6.45, 7) is 6.88. The van der Waals surface area contributed by atoms with Crippen molar-refractivity contribution in [3.05, 3.63) is 26.7 Å². The van der Waals surface area contributed by atoms with Gasteiger partial charge in [0.05, 0.1) is 0 Å².